The van der Waals surface area contributed by atoms with Gasteiger partial charge in [-0.15, -0.1) is 0 Å². The Balaban J connectivity index is 1.54. The molecule has 202 valence electrons. The molecule has 40 heavy (non-hydrogen) atoms. The second-order valence-corrected chi connectivity index (χ2v) is 9.30. The van der Waals surface area contributed by atoms with Crippen molar-refractivity contribution in [3.63, 3.8) is 0 Å². The molecule has 0 saturated carbocycles. The van der Waals surface area contributed by atoms with E-state index in [9.17, 15) is 27.6 Å². The topological polar surface area (TPSA) is 106 Å². The Morgan fingerprint density at radius 3 is 2.40 bits per heavy atom. The summed E-state index contributed by atoms with van der Waals surface area (Å²) in [5, 5.41) is 14.5. The molecular formula is C29H22F3N5O3. The third kappa shape index (κ3) is 4.87. The molecule has 1 atom stereocenters. The molecule has 2 heterocycles. The van der Waals surface area contributed by atoms with Crippen molar-refractivity contribution in [2.75, 3.05) is 18.5 Å². The number of hydrogen-bond acceptors (Lipinski definition) is 4. The van der Waals surface area contributed by atoms with Crippen LogP contribution in [0.5, 0.6) is 0 Å². The Kier molecular flexibility index (Phi) is 6.77. The molecule has 5 rings (SSSR count). The van der Waals surface area contributed by atoms with Gasteiger partial charge in [0.25, 0.3) is 11.8 Å². The highest BCUT2D eigenvalue weighted by atomic mass is 19.4. The summed E-state index contributed by atoms with van der Waals surface area (Å²) in [6.07, 6.45) is -4.62. The average Bonchev–Trinajstić information content (AvgIpc) is 3.27. The lowest BCUT2D eigenvalue weighted by molar-refractivity contribution is -0.137. The largest absolute Gasteiger partial charge is 0.416 e. The van der Waals surface area contributed by atoms with Gasteiger partial charge in [-0.3, -0.25) is 14.5 Å². The van der Waals surface area contributed by atoms with E-state index < -0.39 is 29.7 Å². The minimum atomic E-state index is -4.62. The molecule has 0 bridgehead atoms. The fourth-order valence-corrected chi connectivity index (χ4v) is 4.84. The molecule has 2 aliphatic heterocycles. The zero-order valence-corrected chi connectivity index (χ0v) is 21.1. The van der Waals surface area contributed by atoms with Gasteiger partial charge < -0.3 is 15.5 Å². The Labute approximate surface area is 227 Å². The lowest BCUT2D eigenvalue weighted by Gasteiger charge is -2.33. The SMILES string of the molecule is CNC(=O)c1ccc(CN2CC3=C(C2=O)[C@@H](c2ccc(C#N)cc2)NC(=O)N3c2cccc(C(F)(F)F)c2)cc1. The fourth-order valence-electron chi connectivity index (χ4n) is 4.84. The van der Waals surface area contributed by atoms with Crippen LogP contribution in [0.1, 0.15) is 38.7 Å². The molecule has 0 aliphatic carbocycles. The van der Waals surface area contributed by atoms with E-state index in [2.05, 4.69) is 10.6 Å². The van der Waals surface area contributed by atoms with Crippen molar-refractivity contribution >= 4 is 23.5 Å². The van der Waals surface area contributed by atoms with Crippen LogP contribution in [0.25, 0.3) is 0 Å². The van der Waals surface area contributed by atoms with E-state index in [1.807, 2.05) is 6.07 Å². The van der Waals surface area contributed by atoms with Crippen molar-refractivity contribution in [3.05, 3.63) is 112 Å². The number of rotatable bonds is 5. The van der Waals surface area contributed by atoms with Gasteiger partial charge in [-0.1, -0.05) is 30.3 Å². The summed E-state index contributed by atoms with van der Waals surface area (Å²) in [7, 11) is 1.52. The summed E-state index contributed by atoms with van der Waals surface area (Å²) in [5.74, 6) is -0.649. The van der Waals surface area contributed by atoms with E-state index in [0.717, 1.165) is 22.6 Å². The molecule has 0 spiro atoms. The molecule has 0 fully saturated rings. The quantitative estimate of drug-likeness (QED) is 0.492. The van der Waals surface area contributed by atoms with E-state index in [1.165, 1.54) is 24.1 Å². The van der Waals surface area contributed by atoms with Crippen molar-refractivity contribution in [2.45, 2.75) is 18.8 Å². The predicted octanol–water partition coefficient (Wildman–Crippen LogP) is 4.50. The van der Waals surface area contributed by atoms with Crippen LogP contribution in [0.3, 0.4) is 0 Å². The van der Waals surface area contributed by atoms with Gasteiger partial charge >= 0.3 is 12.2 Å². The van der Waals surface area contributed by atoms with Gasteiger partial charge in [0.05, 0.1) is 46.7 Å². The van der Waals surface area contributed by atoms with E-state index >= 15 is 0 Å². The van der Waals surface area contributed by atoms with Crippen molar-refractivity contribution < 1.29 is 27.6 Å². The number of carbonyl (C=O) groups excluding carboxylic acids is 3. The number of halogens is 3. The van der Waals surface area contributed by atoms with Crippen molar-refractivity contribution in [3.8, 4) is 6.07 Å². The number of anilines is 1. The maximum atomic E-state index is 13.8. The number of nitrogens with zero attached hydrogens (tertiary/aromatic N) is 3. The first-order valence-corrected chi connectivity index (χ1v) is 12.2. The van der Waals surface area contributed by atoms with Crippen LogP contribution in [0, 0.1) is 11.3 Å². The Hall–Kier alpha value is -5.11. The summed E-state index contributed by atoms with van der Waals surface area (Å²) >= 11 is 0. The molecule has 0 aromatic heterocycles. The summed E-state index contributed by atoms with van der Waals surface area (Å²) < 4.78 is 40.4. The van der Waals surface area contributed by atoms with E-state index in [-0.39, 0.29) is 36.0 Å². The van der Waals surface area contributed by atoms with E-state index in [0.29, 0.717) is 16.7 Å². The second-order valence-electron chi connectivity index (χ2n) is 9.30. The fraction of sp³-hybridized carbons (Fsp3) is 0.172. The number of hydrogen-bond donors (Lipinski definition) is 2. The molecule has 0 unspecified atom stereocenters. The molecule has 3 aromatic carbocycles. The standard InChI is InChI=1S/C29H22F3N5O3/c1-34-26(38)20-11-7-18(8-12-20)15-36-16-23-24(27(36)39)25(19-9-5-17(14-33)6-10-19)35-28(40)37(23)22-4-2-3-21(13-22)29(30,31)32/h2-13,25H,15-16H2,1H3,(H,34,38)(H,35,40)/t25-/m1/s1. The highest BCUT2D eigenvalue weighted by molar-refractivity contribution is 6.07. The van der Waals surface area contributed by atoms with E-state index in [1.54, 1.807) is 48.5 Å². The van der Waals surface area contributed by atoms with Gasteiger partial charge in [0.2, 0.25) is 0 Å². The van der Waals surface area contributed by atoms with Crippen molar-refractivity contribution in [1.82, 2.24) is 15.5 Å². The van der Waals surface area contributed by atoms with Crippen LogP contribution in [0.2, 0.25) is 0 Å². The summed E-state index contributed by atoms with van der Waals surface area (Å²) in [5.41, 5.74) is 1.66. The number of benzene rings is 3. The molecular weight excluding hydrogens is 523 g/mol. The Morgan fingerprint density at radius 2 is 1.77 bits per heavy atom. The number of carbonyl (C=O) groups is 3. The first-order chi connectivity index (χ1) is 19.1. The van der Waals surface area contributed by atoms with Crippen molar-refractivity contribution in [1.29, 1.82) is 5.26 Å². The highest BCUT2D eigenvalue weighted by Gasteiger charge is 2.45. The zero-order chi connectivity index (χ0) is 28.6. The normalized spacial score (nSPS) is 16.9. The summed E-state index contributed by atoms with van der Waals surface area (Å²) in [6, 6.07) is 17.9. The third-order valence-electron chi connectivity index (χ3n) is 6.82. The first-order valence-electron chi connectivity index (χ1n) is 12.2. The molecule has 2 aliphatic rings. The van der Waals surface area contributed by atoms with Gasteiger partial charge in [0, 0.05) is 19.2 Å². The second kappa shape index (κ2) is 10.2. The van der Waals surface area contributed by atoms with Crippen LogP contribution >= 0.6 is 0 Å². The van der Waals surface area contributed by atoms with Gasteiger partial charge in [-0.25, -0.2) is 4.79 Å². The monoisotopic (exact) mass is 545 g/mol. The zero-order valence-electron chi connectivity index (χ0n) is 21.1. The molecule has 0 radical (unpaired) electrons. The number of urea groups is 1. The summed E-state index contributed by atoms with van der Waals surface area (Å²) in [6.45, 7) is 0.117. The first kappa shape index (κ1) is 26.5. The van der Waals surface area contributed by atoms with Crippen LogP contribution in [0.15, 0.2) is 84.1 Å². The lowest BCUT2D eigenvalue weighted by Crippen LogP contribution is -2.47. The third-order valence-corrected chi connectivity index (χ3v) is 6.82. The number of amides is 4. The minimum Gasteiger partial charge on any atom is -0.355 e. The van der Waals surface area contributed by atoms with Crippen LogP contribution < -0.4 is 15.5 Å². The number of nitriles is 1. The maximum absolute atomic E-state index is 13.8. The average molecular weight is 546 g/mol. The van der Waals surface area contributed by atoms with Crippen molar-refractivity contribution in [2.24, 2.45) is 0 Å². The van der Waals surface area contributed by atoms with Gasteiger partial charge in [-0.2, -0.15) is 18.4 Å². The van der Waals surface area contributed by atoms with Gasteiger partial charge in [-0.05, 0) is 53.6 Å². The molecule has 8 nitrogen and oxygen atoms in total. The lowest BCUT2D eigenvalue weighted by atomic mass is 9.94. The predicted molar refractivity (Wildman–Crippen MR) is 139 cm³/mol. The van der Waals surface area contributed by atoms with E-state index in [4.69, 9.17) is 5.26 Å². The van der Waals surface area contributed by atoms with Crippen LogP contribution in [0.4, 0.5) is 23.7 Å². The smallest absolute Gasteiger partial charge is 0.355 e. The Bertz CT molecular complexity index is 1570. The summed E-state index contributed by atoms with van der Waals surface area (Å²) in [4.78, 5) is 41.6. The number of nitrogens with one attached hydrogen (secondary N) is 2. The molecule has 3 aromatic rings. The molecule has 2 N–H and O–H groups in total. The van der Waals surface area contributed by atoms with Gasteiger partial charge in [0.1, 0.15) is 0 Å². The van der Waals surface area contributed by atoms with Crippen LogP contribution in [-0.4, -0.2) is 36.3 Å². The Morgan fingerprint density at radius 1 is 1.07 bits per heavy atom. The minimum absolute atomic E-state index is 0.0253. The van der Waals surface area contributed by atoms with Crippen LogP contribution in [-0.2, 0) is 17.5 Å². The molecule has 4 amide bonds. The molecule has 11 heteroatoms. The van der Waals surface area contributed by atoms with Gasteiger partial charge in [0.15, 0.2) is 0 Å². The maximum Gasteiger partial charge on any atom is 0.416 e. The molecule has 0 saturated heterocycles. The number of alkyl halides is 3. The highest BCUT2D eigenvalue weighted by Crippen LogP contribution is 2.40.